The fourth-order valence-corrected chi connectivity index (χ4v) is 3.38. The summed E-state index contributed by atoms with van der Waals surface area (Å²) in [7, 11) is 6.11. The predicted molar refractivity (Wildman–Crippen MR) is 104 cm³/mol. The Morgan fingerprint density at radius 1 is 1.12 bits per heavy atom. The van der Waals surface area contributed by atoms with Crippen LogP contribution in [0.25, 0.3) is 0 Å². The number of benzene rings is 1. The number of rotatable bonds is 5. The van der Waals surface area contributed by atoms with Crippen molar-refractivity contribution >= 4 is 11.8 Å². The highest BCUT2D eigenvalue weighted by Gasteiger charge is 2.24. The van der Waals surface area contributed by atoms with E-state index in [1.165, 1.54) is 30.5 Å². The monoisotopic (exact) mass is 339 g/mol. The summed E-state index contributed by atoms with van der Waals surface area (Å²) in [5, 5.41) is 0. The summed E-state index contributed by atoms with van der Waals surface area (Å²) in [6, 6.07) is 11.4. The molecule has 3 rings (SSSR count). The molecule has 0 bridgehead atoms. The number of aryl methyl sites for hydroxylation is 1. The lowest BCUT2D eigenvalue weighted by molar-refractivity contribution is 0.198. The van der Waals surface area contributed by atoms with Gasteiger partial charge in [0.15, 0.2) is 0 Å². The molecule has 1 fully saturated rings. The van der Waals surface area contributed by atoms with Crippen molar-refractivity contribution in [3.8, 4) is 0 Å². The van der Waals surface area contributed by atoms with E-state index in [0.717, 1.165) is 24.9 Å². The third-order valence-corrected chi connectivity index (χ3v) is 4.94. The van der Waals surface area contributed by atoms with Gasteiger partial charge in [-0.25, -0.2) is 4.98 Å². The lowest BCUT2D eigenvalue weighted by Gasteiger charge is -2.38. The lowest BCUT2D eigenvalue weighted by Crippen LogP contribution is -2.46. The Labute approximate surface area is 151 Å². The second kappa shape index (κ2) is 7.83. The second-order valence-electron chi connectivity index (χ2n) is 7.24. The number of likely N-dealkylation sites (tertiary alicyclic amines) is 1. The molecule has 1 aromatic heterocycles. The fraction of sp³-hybridized carbons (Fsp3) is 0.500. The number of hydrogen-bond acceptors (Lipinski definition) is 5. The minimum Gasteiger partial charge on any atom is -0.355 e. The van der Waals surface area contributed by atoms with Crippen LogP contribution in [0.4, 0.5) is 11.8 Å². The van der Waals surface area contributed by atoms with E-state index < -0.39 is 0 Å². The molecule has 0 amide bonds. The van der Waals surface area contributed by atoms with Crippen molar-refractivity contribution in [1.82, 2.24) is 14.9 Å². The molecule has 5 nitrogen and oxygen atoms in total. The summed E-state index contributed by atoms with van der Waals surface area (Å²) in [5.41, 5.74) is 2.71. The van der Waals surface area contributed by atoms with Crippen molar-refractivity contribution in [2.24, 2.45) is 0 Å². The molecule has 1 atom stereocenters. The van der Waals surface area contributed by atoms with Crippen LogP contribution in [0.15, 0.2) is 36.5 Å². The van der Waals surface area contributed by atoms with Crippen LogP contribution in [-0.4, -0.2) is 55.1 Å². The Hall–Kier alpha value is -2.14. The van der Waals surface area contributed by atoms with Gasteiger partial charge in [-0.1, -0.05) is 29.8 Å². The van der Waals surface area contributed by atoms with Crippen molar-refractivity contribution in [1.29, 1.82) is 0 Å². The summed E-state index contributed by atoms with van der Waals surface area (Å²) >= 11 is 0. The van der Waals surface area contributed by atoms with E-state index in [0.29, 0.717) is 6.04 Å². The highest BCUT2D eigenvalue weighted by Crippen LogP contribution is 2.22. The van der Waals surface area contributed by atoms with Crippen LogP contribution in [-0.2, 0) is 6.54 Å². The zero-order chi connectivity index (χ0) is 17.8. The molecular weight excluding hydrogens is 310 g/mol. The molecule has 2 heterocycles. The number of piperidine rings is 1. The largest absolute Gasteiger partial charge is 0.355 e. The van der Waals surface area contributed by atoms with Gasteiger partial charge in [-0.3, -0.25) is 4.90 Å². The van der Waals surface area contributed by atoms with E-state index in [1.54, 1.807) is 0 Å². The van der Waals surface area contributed by atoms with Crippen LogP contribution in [0.2, 0.25) is 0 Å². The lowest BCUT2D eigenvalue weighted by atomic mass is 10.0. The van der Waals surface area contributed by atoms with Crippen LogP contribution in [0, 0.1) is 6.92 Å². The Morgan fingerprint density at radius 2 is 1.88 bits per heavy atom. The number of hydrogen-bond donors (Lipinski definition) is 0. The van der Waals surface area contributed by atoms with Crippen molar-refractivity contribution in [2.45, 2.75) is 32.4 Å². The summed E-state index contributed by atoms with van der Waals surface area (Å²) in [5.74, 6) is 1.76. The Bertz CT molecular complexity index is 683. The smallest absolute Gasteiger partial charge is 0.226 e. The molecule has 1 aromatic carbocycles. The number of likely N-dealkylation sites (N-methyl/N-ethyl adjacent to an activating group) is 1. The van der Waals surface area contributed by atoms with E-state index in [2.05, 4.69) is 58.0 Å². The predicted octanol–water partition coefficient (Wildman–Crippen LogP) is 2.95. The average molecular weight is 339 g/mol. The van der Waals surface area contributed by atoms with Gasteiger partial charge in [0.25, 0.3) is 0 Å². The molecule has 0 radical (unpaired) electrons. The first kappa shape index (κ1) is 17.7. The maximum absolute atomic E-state index is 4.69. The van der Waals surface area contributed by atoms with Gasteiger partial charge >= 0.3 is 0 Å². The van der Waals surface area contributed by atoms with Gasteiger partial charge in [0.2, 0.25) is 5.95 Å². The molecule has 1 saturated heterocycles. The molecule has 1 aliphatic rings. The van der Waals surface area contributed by atoms with Gasteiger partial charge in [-0.2, -0.15) is 4.98 Å². The van der Waals surface area contributed by atoms with E-state index in [4.69, 9.17) is 0 Å². The number of aromatic nitrogens is 2. The van der Waals surface area contributed by atoms with Gasteiger partial charge in [0.1, 0.15) is 5.82 Å². The highest BCUT2D eigenvalue weighted by molar-refractivity contribution is 5.43. The van der Waals surface area contributed by atoms with Crippen molar-refractivity contribution < 1.29 is 0 Å². The van der Waals surface area contributed by atoms with Crippen LogP contribution in [0.1, 0.15) is 24.0 Å². The van der Waals surface area contributed by atoms with Crippen LogP contribution >= 0.6 is 0 Å². The first-order chi connectivity index (χ1) is 12.0. The van der Waals surface area contributed by atoms with Crippen molar-refractivity contribution in [3.63, 3.8) is 0 Å². The van der Waals surface area contributed by atoms with Crippen LogP contribution in [0.3, 0.4) is 0 Å². The second-order valence-corrected chi connectivity index (χ2v) is 7.24. The van der Waals surface area contributed by atoms with Gasteiger partial charge < -0.3 is 9.80 Å². The van der Waals surface area contributed by atoms with E-state index >= 15 is 0 Å². The normalized spacial score (nSPS) is 18.2. The molecule has 0 spiro atoms. The summed E-state index contributed by atoms with van der Waals surface area (Å²) in [4.78, 5) is 15.8. The van der Waals surface area contributed by atoms with Gasteiger partial charge in [0, 0.05) is 46.5 Å². The van der Waals surface area contributed by atoms with E-state index in [-0.39, 0.29) is 0 Å². The molecular formula is C20H29N5. The third kappa shape index (κ3) is 4.48. The Kier molecular flexibility index (Phi) is 5.53. The molecule has 0 aliphatic carbocycles. The summed E-state index contributed by atoms with van der Waals surface area (Å²) < 4.78 is 0. The standard InChI is InChI=1S/C20H29N5/c1-16-7-9-17(10-8-16)14-25-13-5-6-18(15-25)24(4)19-11-12-21-20(22-19)23(2)3/h7-12,18H,5-6,13-15H2,1-4H3. The van der Waals surface area contributed by atoms with Crippen molar-refractivity contribution in [3.05, 3.63) is 47.7 Å². The summed E-state index contributed by atoms with van der Waals surface area (Å²) in [6.45, 7) is 5.41. The molecule has 2 aromatic rings. The van der Waals surface area contributed by atoms with Gasteiger partial charge in [-0.05, 0) is 37.9 Å². The SMILES string of the molecule is Cc1ccc(CN2CCCC(N(C)c3ccnc(N(C)C)n3)C2)cc1. The Morgan fingerprint density at radius 3 is 2.60 bits per heavy atom. The molecule has 5 heteroatoms. The first-order valence-corrected chi connectivity index (χ1v) is 9.04. The zero-order valence-electron chi connectivity index (χ0n) is 15.8. The topological polar surface area (TPSA) is 35.5 Å². The average Bonchev–Trinajstić information content (AvgIpc) is 2.63. The molecule has 0 N–H and O–H groups in total. The number of anilines is 2. The van der Waals surface area contributed by atoms with Crippen LogP contribution in [0.5, 0.6) is 0 Å². The third-order valence-electron chi connectivity index (χ3n) is 4.94. The first-order valence-electron chi connectivity index (χ1n) is 9.04. The number of nitrogens with zero attached hydrogens (tertiary/aromatic N) is 5. The molecule has 0 saturated carbocycles. The molecule has 1 aliphatic heterocycles. The minimum atomic E-state index is 0.490. The van der Waals surface area contributed by atoms with E-state index in [9.17, 15) is 0 Å². The molecule has 25 heavy (non-hydrogen) atoms. The maximum atomic E-state index is 4.69. The van der Waals surface area contributed by atoms with Gasteiger partial charge in [-0.15, -0.1) is 0 Å². The highest BCUT2D eigenvalue weighted by atomic mass is 15.3. The quantitative estimate of drug-likeness (QED) is 0.837. The van der Waals surface area contributed by atoms with Crippen LogP contribution < -0.4 is 9.80 Å². The zero-order valence-corrected chi connectivity index (χ0v) is 15.8. The summed E-state index contributed by atoms with van der Waals surface area (Å²) in [6.07, 6.45) is 4.29. The van der Waals surface area contributed by atoms with Gasteiger partial charge in [0.05, 0.1) is 0 Å². The fourth-order valence-electron chi connectivity index (χ4n) is 3.38. The van der Waals surface area contributed by atoms with E-state index in [1.807, 2.05) is 31.3 Å². The van der Waals surface area contributed by atoms with Crippen molar-refractivity contribution in [2.75, 3.05) is 44.0 Å². The Balaban J connectivity index is 1.66. The molecule has 1 unspecified atom stereocenters. The molecule has 134 valence electrons. The minimum absolute atomic E-state index is 0.490. The maximum Gasteiger partial charge on any atom is 0.226 e.